The molecule has 0 atom stereocenters. The lowest BCUT2D eigenvalue weighted by Crippen LogP contribution is -2.35. The fourth-order valence-corrected chi connectivity index (χ4v) is 4.21. The van der Waals surface area contributed by atoms with Gasteiger partial charge in [-0.1, -0.05) is 24.3 Å². The second-order valence-corrected chi connectivity index (χ2v) is 7.74. The Balaban J connectivity index is 1.57. The summed E-state index contributed by atoms with van der Waals surface area (Å²) in [4.78, 5) is 24.0. The number of hydrogen-bond acceptors (Lipinski definition) is 5. The van der Waals surface area contributed by atoms with Gasteiger partial charge in [-0.25, -0.2) is 9.97 Å². The minimum Gasteiger partial charge on any atom is -0.508 e. The first kappa shape index (κ1) is 19.1. The Morgan fingerprint density at radius 2 is 1.84 bits per heavy atom. The van der Waals surface area contributed by atoms with E-state index in [0.717, 1.165) is 46.3 Å². The van der Waals surface area contributed by atoms with Crippen LogP contribution in [-0.2, 0) is 6.42 Å². The number of fused-ring (bicyclic) bond motifs is 2. The first-order valence-electron chi connectivity index (χ1n) is 10.2. The second kappa shape index (κ2) is 7.40. The zero-order chi connectivity index (χ0) is 21.5. The van der Waals surface area contributed by atoms with Crippen LogP contribution in [0.3, 0.4) is 0 Å². The number of carbonyl (C=O) groups is 1. The molecule has 1 aromatic heterocycles. The topological polar surface area (TPSA) is 86.6 Å². The van der Waals surface area contributed by atoms with Crippen molar-refractivity contribution in [1.82, 2.24) is 9.97 Å². The van der Waals surface area contributed by atoms with Crippen LogP contribution in [0.25, 0.3) is 22.2 Å². The summed E-state index contributed by atoms with van der Waals surface area (Å²) in [6.07, 6.45) is 1.68. The molecule has 154 valence electrons. The molecule has 6 heteroatoms. The molecule has 3 aromatic carbocycles. The van der Waals surface area contributed by atoms with Crippen molar-refractivity contribution in [3.05, 3.63) is 77.6 Å². The summed E-state index contributed by atoms with van der Waals surface area (Å²) in [6, 6.07) is 18.0. The van der Waals surface area contributed by atoms with E-state index in [1.165, 1.54) is 18.2 Å². The number of carbonyl (C=O) groups excluding carboxylic acids is 1. The van der Waals surface area contributed by atoms with E-state index in [9.17, 15) is 15.0 Å². The molecular formula is C25H21N3O3. The SMILES string of the molecule is Cc1nc(-c2ccc3c(c2)CCCN3C(=O)c2ccc(O)cc2O)c2ccccc2n1. The van der Waals surface area contributed by atoms with Gasteiger partial charge in [-0.3, -0.25) is 4.79 Å². The highest BCUT2D eigenvalue weighted by molar-refractivity contribution is 6.08. The molecule has 0 saturated carbocycles. The van der Waals surface area contributed by atoms with Gasteiger partial charge in [0.15, 0.2) is 0 Å². The number of amides is 1. The maximum absolute atomic E-state index is 13.1. The third-order valence-corrected chi connectivity index (χ3v) is 5.64. The molecule has 0 spiro atoms. The quantitative estimate of drug-likeness (QED) is 0.503. The molecule has 1 aliphatic rings. The molecule has 2 N–H and O–H groups in total. The highest BCUT2D eigenvalue weighted by atomic mass is 16.3. The van der Waals surface area contributed by atoms with Gasteiger partial charge < -0.3 is 15.1 Å². The van der Waals surface area contributed by atoms with Crippen molar-refractivity contribution in [3.8, 4) is 22.8 Å². The molecular weight excluding hydrogens is 390 g/mol. The lowest BCUT2D eigenvalue weighted by Gasteiger charge is -2.30. The van der Waals surface area contributed by atoms with E-state index < -0.39 is 0 Å². The zero-order valence-corrected chi connectivity index (χ0v) is 17.0. The number of phenolic OH excluding ortho intramolecular Hbond substituents is 2. The smallest absolute Gasteiger partial charge is 0.262 e. The summed E-state index contributed by atoms with van der Waals surface area (Å²) < 4.78 is 0. The van der Waals surface area contributed by atoms with Gasteiger partial charge in [0.1, 0.15) is 17.3 Å². The predicted molar refractivity (Wildman–Crippen MR) is 119 cm³/mol. The van der Waals surface area contributed by atoms with Crippen LogP contribution in [0.4, 0.5) is 5.69 Å². The van der Waals surface area contributed by atoms with Crippen LogP contribution < -0.4 is 4.90 Å². The van der Waals surface area contributed by atoms with Gasteiger partial charge in [0.2, 0.25) is 0 Å². The summed E-state index contributed by atoms with van der Waals surface area (Å²) in [6.45, 7) is 2.46. The molecule has 31 heavy (non-hydrogen) atoms. The molecule has 0 saturated heterocycles. The Bertz CT molecular complexity index is 1330. The molecule has 0 unspecified atom stereocenters. The van der Waals surface area contributed by atoms with E-state index in [1.54, 1.807) is 4.90 Å². The number of aromatic hydroxyl groups is 2. The average molecular weight is 411 g/mol. The average Bonchev–Trinajstić information content (AvgIpc) is 2.77. The van der Waals surface area contributed by atoms with Crippen LogP contribution in [0.1, 0.15) is 28.2 Å². The maximum atomic E-state index is 13.1. The van der Waals surface area contributed by atoms with Gasteiger partial charge in [-0.2, -0.15) is 0 Å². The van der Waals surface area contributed by atoms with E-state index in [0.29, 0.717) is 12.4 Å². The largest absolute Gasteiger partial charge is 0.508 e. The molecule has 0 radical (unpaired) electrons. The highest BCUT2D eigenvalue weighted by Crippen LogP contribution is 2.35. The van der Waals surface area contributed by atoms with Gasteiger partial charge in [-0.05, 0) is 55.7 Å². The van der Waals surface area contributed by atoms with Crippen molar-refractivity contribution in [2.24, 2.45) is 0 Å². The minimum atomic E-state index is -0.283. The first-order valence-corrected chi connectivity index (χ1v) is 10.2. The fraction of sp³-hybridized carbons (Fsp3) is 0.160. The monoisotopic (exact) mass is 411 g/mol. The number of nitrogens with zero attached hydrogens (tertiary/aromatic N) is 3. The van der Waals surface area contributed by atoms with E-state index in [2.05, 4.69) is 11.1 Å². The molecule has 4 aromatic rings. The summed E-state index contributed by atoms with van der Waals surface area (Å²) in [7, 11) is 0. The number of benzene rings is 3. The number of phenols is 2. The summed E-state index contributed by atoms with van der Waals surface area (Å²) >= 11 is 0. The predicted octanol–water partition coefficient (Wildman–Crippen LogP) is 4.61. The van der Waals surface area contributed by atoms with E-state index >= 15 is 0 Å². The van der Waals surface area contributed by atoms with Crippen molar-refractivity contribution in [2.75, 3.05) is 11.4 Å². The number of hydrogen-bond donors (Lipinski definition) is 2. The van der Waals surface area contributed by atoms with Gasteiger partial charge in [-0.15, -0.1) is 0 Å². The van der Waals surface area contributed by atoms with Crippen LogP contribution in [0.15, 0.2) is 60.7 Å². The third kappa shape index (κ3) is 3.36. The molecule has 1 amide bonds. The zero-order valence-electron chi connectivity index (χ0n) is 17.0. The summed E-state index contributed by atoms with van der Waals surface area (Å²) in [5, 5.41) is 20.7. The van der Waals surface area contributed by atoms with Gasteiger partial charge in [0.05, 0.1) is 16.8 Å². The Morgan fingerprint density at radius 3 is 2.68 bits per heavy atom. The number of para-hydroxylation sites is 1. The number of aromatic nitrogens is 2. The van der Waals surface area contributed by atoms with E-state index in [1.807, 2.05) is 43.3 Å². The summed E-state index contributed by atoms with van der Waals surface area (Å²) in [5.74, 6) is 0.127. The number of rotatable bonds is 2. The second-order valence-electron chi connectivity index (χ2n) is 7.74. The van der Waals surface area contributed by atoms with E-state index in [4.69, 9.17) is 4.98 Å². The lowest BCUT2D eigenvalue weighted by molar-refractivity contribution is 0.0982. The Hall–Kier alpha value is -3.93. The van der Waals surface area contributed by atoms with Crippen molar-refractivity contribution >= 4 is 22.5 Å². The van der Waals surface area contributed by atoms with Crippen LogP contribution >= 0.6 is 0 Å². The van der Waals surface area contributed by atoms with Crippen molar-refractivity contribution in [1.29, 1.82) is 0 Å². The first-order chi connectivity index (χ1) is 15.0. The van der Waals surface area contributed by atoms with Crippen molar-refractivity contribution in [3.63, 3.8) is 0 Å². The van der Waals surface area contributed by atoms with Gasteiger partial charge >= 0.3 is 0 Å². The van der Waals surface area contributed by atoms with Crippen LogP contribution in [-0.4, -0.2) is 32.6 Å². The molecule has 0 aliphatic carbocycles. The fourth-order valence-electron chi connectivity index (χ4n) is 4.21. The van der Waals surface area contributed by atoms with Crippen LogP contribution in [0.5, 0.6) is 11.5 Å². The summed E-state index contributed by atoms with van der Waals surface area (Å²) in [5.41, 5.74) is 4.85. The van der Waals surface area contributed by atoms with Crippen molar-refractivity contribution < 1.29 is 15.0 Å². The minimum absolute atomic E-state index is 0.0786. The highest BCUT2D eigenvalue weighted by Gasteiger charge is 2.26. The molecule has 0 bridgehead atoms. The molecule has 1 aliphatic heterocycles. The third-order valence-electron chi connectivity index (χ3n) is 5.64. The molecule has 2 heterocycles. The lowest BCUT2D eigenvalue weighted by atomic mass is 9.96. The Morgan fingerprint density at radius 1 is 1.00 bits per heavy atom. The molecule has 0 fully saturated rings. The Kier molecular flexibility index (Phi) is 4.55. The molecule has 5 rings (SSSR count). The van der Waals surface area contributed by atoms with Gasteiger partial charge in [0, 0.05) is 29.2 Å². The van der Waals surface area contributed by atoms with Crippen LogP contribution in [0, 0.1) is 6.92 Å². The van der Waals surface area contributed by atoms with Crippen LogP contribution in [0.2, 0.25) is 0 Å². The maximum Gasteiger partial charge on any atom is 0.262 e. The standard InChI is InChI=1S/C25H21N3O3/c1-15-26-21-7-3-2-6-19(21)24(27-15)17-8-11-22-16(13-17)5-4-12-28(22)25(31)20-10-9-18(29)14-23(20)30/h2-3,6-11,13-14,29-30H,4-5,12H2,1H3. The molecule has 6 nitrogen and oxygen atoms in total. The number of aryl methyl sites for hydroxylation is 2. The van der Waals surface area contributed by atoms with Crippen molar-refractivity contribution in [2.45, 2.75) is 19.8 Å². The number of anilines is 1. The normalized spacial score (nSPS) is 13.3. The van der Waals surface area contributed by atoms with E-state index in [-0.39, 0.29) is 23.0 Å². The van der Waals surface area contributed by atoms with Gasteiger partial charge in [0.25, 0.3) is 5.91 Å². The Labute approximate surface area is 179 Å².